The summed E-state index contributed by atoms with van der Waals surface area (Å²) in [5.41, 5.74) is 0. The predicted octanol–water partition coefficient (Wildman–Crippen LogP) is 0.405. The Bertz CT molecular complexity index is 516. The van der Waals surface area contributed by atoms with Crippen molar-refractivity contribution in [1.29, 1.82) is 0 Å². The number of rotatable bonds is 4. The van der Waals surface area contributed by atoms with Crippen molar-refractivity contribution in [2.24, 2.45) is 0 Å². The van der Waals surface area contributed by atoms with Crippen molar-refractivity contribution in [3.05, 3.63) is 11.6 Å². The summed E-state index contributed by atoms with van der Waals surface area (Å²) in [6.07, 6.45) is 3.38. The molecule has 7 nitrogen and oxygen atoms in total. The maximum Gasteiger partial charge on any atom is 0.243 e. The van der Waals surface area contributed by atoms with Gasteiger partial charge in [0, 0.05) is 24.7 Å². The van der Waals surface area contributed by atoms with Crippen LogP contribution < -0.4 is 5.32 Å². The highest BCUT2D eigenvalue weighted by Gasteiger charge is 2.33. The monoisotopic (exact) mass is 324 g/mol. The number of hydrogen-bond donors (Lipinski definition) is 1. The van der Waals surface area contributed by atoms with E-state index in [0.29, 0.717) is 38.0 Å². The van der Waals surface area contributed by atoms with Crippen LogP contribution in [0.1, 0.15) is 12.8 Å². The van der Waals surface area contributed by atoms with E-state index in [1.807, 2.05) is 15.2 Å². The van der Waals surface area contributed by atoms with Crippen LogP contribution >= 0.6 is 11.3 Å². The van der Waals surface area contributed by atoms with Gasteiger partial charge in [-0.1, -0.05) is 0 Å². The molecule has 3 heterocycles. The van der Waals surface area contributed by atoms with Gasteiger partial charge in [-0.25, -0.2) is 4.98 Å². The van der Waals surface area contributed by atoms with Gasteiger partial charge in [0.25, 0.3) is 0 Å². The molecule has 22 heavy (non-hydrogen) atoms. The van der Waals surface area contributed by atoms with Crippen molar-refractivity contribution >= 4 is 28.3 Å². The molecule has 1 N–H and O–H groups in total. The minimum absolute atomic E-state index is 0.0674. The summed E-state index contributed by atoms with van der Waals surface area (Å²) < 4.78 is 5.26. The molecule has 3 rings (SSSR count). The zero-order valence-electron chi connectivity index (χ0n) is 12.4. The van der Waals surface area contributed by atoms with E-state index in [0.717, 1.165) is 19.4 Å². The minimum Gasteiger partial charge on any atom is -0.378 e. The number of amides is 2. The molecular formula is C14H20N4O3S. The summed E-state index contributed by atoms with van der Waals surface area (Å²) in [6.45, 7) is 3.56. The number of hydrogen-bond acceptors (Lipinski definition) is 6. The second-order valence-electron chi connectivity index (χ2n) is 5.45. The summed E-state index contributed by atoms with van der Waals surface area (Å²) >= 11 is 1.40. The van der Waals surface area contributed by atoms with Crippen molar-refractivity contribution in [2.45, 2.75) is 18.9 Å². The standard InChI is InChI=1S/C14H20N4O3S/c19-12(17-5-7-21-8-6-17)10-18-4-1-2-11(18)13(20)16-14-15-3-9-22-14/h3,9,11H,1-2,4-8,10H2,(H,15,16,20). The predicted molar refractivity (Wildman–Crippen MR) is 82.7 cm³/mol. The van der Waals surface area contributed by atoms with Crippen LogP contribution in [0.15, 0.2) is 11.6 Å². The zero-order valence-corrected chi connectivity index (χ0v) is 13.2. The van der Waals surface area contributed by atoms with Crippen LogP contribution in [0.2, 0.25) is 0 Å². The van der Waals surface area contributed by atoms with Gasteiger partial charge in [-0.05, 0) is 19.4 Å². The first kappa shape index (κ1) is 15.4. The fraction of sp³-hybridized carbons (Fsp3) is 0.643. The number of aromatic nitrogens is 1. The normalized spacial score (nSPS) is 22.7. The lowest BCUT2D eigenvalue weighted by Gasteiger charge is -2.30. The largest absolute Gasteiger partial charge is 0.378 e. The van der Waals surface area contributed by atoms with Gasteiger partial charge in [0.05, 0.1) is 25.8 Å². The summed E-state index contributed by atoms with van der Waals surface area (Å²) in [6, 6.07) is -0.242. The van der Waals surface area contributed by atoms with Crippen molar-refractivity contribution < 1.29 is 14.3 Å². The number of thiazole rings is 1. The molecule has 2 saturated heterocycles. The Hall–Kier alpha value is -1.51. The Morgan fingerprint density at radius 1 is 1.36 bits per heavy atom. The van der Waals surface area contributed by atoms with Gasteiger partial charge < -0.3 is 15.0 Å². The van der Waals surface area contributed by atoms with E-state index in [-0.39, 0.29) is 17.9 Å². The number of likely N-dealkylation sites (tertiary alicyclic amines) is 1. The van der Waals surface area contributed by atoms with Crippen LogP contribution in [0.25, 0.3) is 0 Å². The van der Waals surface area contributed by atoms with Crippen LogP contribution in [0.4, 0.5) is 5.13 Å². The minimum atomic E-state index is -0.242. The highest BCUT2D eigenvalue weighted by Crippen LogP contribution is 2.20. The maximum absolute atomic E-state index is 12.3. The van der Waals surface area contributed by atoms with Gasteiger partial charge in [0.2, 0.25) is 11.8 Å². The molecule has 1 unspecified atom stereocenters. The van der Waals surface area contributed by atoms with Gasteiger partial charge in [-0.2, -0.15) is 0 Å². The lowest BCUT2D eigenvalue weighted by atomic mass is 10.2. The summed E-state index contributed by atoms with van der Waals surface area (Å²) in [4.78, 5) is 32.5. The molecule has 2 fully saturated rings. The van der Waals surface area contributed by atoms with E-state index in [1.165, 1.54) is 11.3 Å². The number of morpholine rings is 1. The third kappa shape index (κ3) is 3.63. The molecule has 2 aliphatic heterocycles. The third-order valence-electron chi connectivity index (χ3n) is 4.03. The van der Waals surface area contributed by atoms with Gasteiger partial charge in [-0.3, -0.25) is 14.5 Å². The Balaban J connectivity index is 1.55. The fourth-order valence-corrected chi connectivity index (χ4v) is 3.40. The number of carbonyl (C=O) groups excluding carboxylic acids is 2. The zero-order chi connectivity index (χ0) is 15.4. The van der Waals surface area contributed by atoms with Crippen LogP contribution in [0, 0.1) is 0 Å². The van der Waals surface area contributed by atoms with E-state index in [4.69, 9.17) is 4.74 Å². The fourth-order valence-electron chi connectivity index (χ4n) is 2.87. The lowest BCUT2D eigenvalue weighted by Crippen LogP contribution is -2.48. The molecule has 120 valence electrons. The molecule has 0 aromatic carbocycles. The molecule has 0 saturated carbocycles. The number of nitrogens with one attached hydrogen (secondary N) is 1. The first-order chi connectivity index (χ1) is 10.7. The van der Waals surface area contributed by atoms with E-state index < -0.39 is 0 Å². The second kappa shape index (κ2) is 7.17. The lowest BCUT2D eigenvalue weighted by molar-refractivity contribution is -0.137. The number of nitrogens with zero attached hydrogens (tertiary/aromatic N) is 3. The summed E-state index contributed by atoms with van der Waals surface area (Å²) in [7, 11) is 0. The Morgan fingerprint density at radius 2 is 2.18 bits per heavy atom. The van der Waals surface area contributed by atoms with Gasteiger partial charge in [0.15, 0.2) is 5.13 Å². The summed E-state index contributed by atoms with van der Waals surface area (Å²) in [5.74, 6) is 0.0134. The first-order valence-corrected chi connectivity index (χ1v) is 8.42. The summed E-state index contributed by atoms with van der Waals surface area (Å²) in [5, 5.41) is 5.26. The average Bonchev–Trinajstić information content (AvgIpc) is 3.19. The van der Waals surface area contributed by atoms with E-state index >= 15 is 0 Å². The Kier molecular flexibility index (Phi) is 5.01. The van der Waals surface area contributed by atoms with Crippen LogP contribution in [-0.2, 0) is 14.3 Å². The highest BCUT2D eigenvalue weighted by molar-refractivity contribution is 7.13. The van der Waals surface area contributed by atoms with Crippen molar-refractivity contribution in [3.63, 3.8) is 0 Å². The Labute approximate surface area is 133 Å². The molecule has 1 aromatic heterocycles. The molecule has 0 bridgehead atoms. The van der Waals surface area contributed by atoms with E-state index in [2.05, 4.69) is 10.3 Å². The van der Waals surface area contributed by atoms with Crippen LogP contribution in [0.3, 0.4) is 0 Å². The molecule has 2 amide bonds. The second-order valence-corrected chi connectivity index (χ2v) is 6.34. The molecule has 2 aliphatic rings. The van der Waals surface area contributed by atoms with Crippen LogP contribution in [-0.4, -0.2) is 72.0 Å². The third-order valence-corrected chi connectivity index (χ3v) is 4.72. The van der Waals surface area contributed by atoms with Crippen molar-refractivity contribution in [1.82, 2.24) is 14.8 Å². The van der Waals surface area contributed by atoms with Gasteiger partial charge >= 0.3 is 0 Å². The van der Waals surface area contributed by atoms with Crippen LogP contribution in [0.5, 0.6) is 0 Å². The molecular weight excluding hydrogens is 304 g/mol. The molecule has 1 aromatic rings. The average molecular weight is 324 g/mol. The SMILES string of the molecule is O=C(Nc1nccs1)C1CCCN1CC(=O)N1CCOCC1. The molecule has 0 radical (unpaired) electrons. The molecule has 8 heteroatoms. The van der Waals surface area contributed by atoms with Crippen molar-refractivity contribution in [3.8, 4) is 0 Å². The first-order valence-electron chi connectivity index (χ1n) is 7.54. The van der Waals surface area contributed by atoms with E-state index in [9.17, 15) is 9.59 Å². The molecule has 0 spiro atoms. The highest BCUT2D eigenvalue weighted by atomic mass is 32.1. The van der Waals surface area contributed by atoms with Gasteiger partial charge in [-0.15, -0.1) is 11.3 Å². The molecule has 1 atom stereocenters. The van der Waals surface area contributed by atoms with E-state index in [1.54, 1.807) is 6.20 Å². The topological polar surface area (TPSA) is 74.8 Å². The molecule has 0 aliphatic carbocycles. The number of ether oxygens (including phenoxy) is 1. The number of anilines is 1. The van der Waals surface area contributed by atoms with Crippen molar-refractivity contribution in [2.75, 3.05) is 44.7 Å². The van der Waals surface area contributed by atoms with Gasteiger partial charge in [0.1, 0.15) is 0 Å². The quantitative estimate of drug-likeness (QED) is 0.868. The maximum atomic E-state index is 12.3. The Morgan fingerprint density at radius 3 is 2.91 bits per heavy atom. The number of carbonyl (C=O) groups is 2. The smallest absolute Gasteiger partial charge is 0.243 e.